The number of hydrogen-bond donors (Lipinski definition) is 0. The molecule has 0 aliphatic carbocycles. The second-order valence-corrected chi connectivity index (χ2v) is 15.9. The minimum Gasteiger partial charge on any atom is -0.464 e. The summed E-state index contributed by atoms with van der Waals surface area (Å²) in [4.78, 5) is 56.5. The van der Waals surface area contributed by atoms with Gasteiger partial charge in [-0.05, 0) is 72.5 Å². The van der Waals surface area contributed by atoms with Crippen LogP contribution in [-0.2, 0) is 41.5 Å². The first kappa shape index (κ1) is 41.4. The zero-order valence-corrected chi connectivity index (χ0v) is 34.3. The van der Waals surface area contributed by atoms with Crippen molar-refractivity contribution in [2.45, 2.75) is 38.8 Å². The Kier molecular flexibility index (Phi) is 14.3. The van der Waals surface area contributed by atoms with Crippen LogP contribution in [0, 0.1) is 0 Å². The van der Waals surface area contributed by atoms with Gasteiger partial charge in [0.2, 0.25) is 6.79 Å². The summed E-state index contributed by atoms with van der Waals surface area (Å²) in [6.45, 7) is 3.76. The van der Waals surface area contributed by atoms with Gasteiger partial charge in [0.15, 0.2) is 0 Å². The van der Waals surface area contributed by atoms with Crippen molar-refractivity contribution < 1.29 is 38.1 Å². The van der Waals surface area contributed by atoms with E-state index in [0.29, 0.717) is 30.0 Å². The third-order valence-corrected chi connectivity index (χ3v) is 11.4. The molecule has 4 aromatic rings. The molecule has 2 aliphatic heterocycles. The number of thiocarbonyl (C=S) groups is 2. The second-order valence-electron chi connectivity index (χ2n) is 12.6. The summed E-state index contributed by atoms with van der Waals surface area (Å²) in [6.07, 6.45) is 4.01. The first-order valence-corrected chi connectivity index (χ1v) is 20.5. The fraction of sp³-hybridized carbons (Fsp3) is 0.209. The number of esters is 2. The van der Waals surface area contributed by atoms with Crippen molar-refractivity contribution in [3.63, 3.8) is 0 Å². The number of ether oxygens (including phenoxy) is 4. The Morgan fingerprint density at radius 3 is 1.32 bits per heavy atom. The summed E-state index contributed by atoms with van der Waals surface area (Å²) in [6, 6.07) is 31.4. The molecule has 292 valence electrons. The predicted molar refractivity (Wildman–Crippen MR) is 230 cm³/mol. The summed E-state index contributed by atoms with van der Waals surface area (Å²) in [7, 11) is 0. The van der Waals surface area contributed by atoms with E-state index in [2.05, 4.69) is 0 Å². The van der Waals surface area contributed by atoms with Crippen LogP contribution >= 0.6 is 48.0 Å². The standard InChI is InChI=1S/C43H38N2O8S4/c1-3-50-40(48)34(23-28-11-7-5-8-12-28)44-38(46)36(56-42(44)54)25-30-15-19-32(20-16-30)52-27-53-33-21-17-31(18-22-33)26-37-39(47)45(43(55)57-37)35(41(49)51-4-2)24-29-13-9-6-10-14-29/h5-22,25-26,34-35H,3-4,23-24,27H2,1-2H3/b36-25-,37-26-/t34-,35-/m0/s1. The van der Waals surface area contributed by atoms with Gasteiger partial charge >= 0.3 is 11.9 Å². The monoisotopic (exact) mass is 838 g/mol. The van der Waals surface area contributed by atoms with Crippen molar-refractivity contribution in [1.82, 2.24) is 9.80 Å². The highest BCUT2D eigenvalue weighted by Gasteiger charge is 2.42. The Bertz CT molecular complexity index is 2020. The third-order valence-electron chi connectivity index (χ3n) is 8.74. The summed E-state index contributed by atoms with van der Waals surface area (Å²) in [5.74, 6) is -0.608. The maximum atomic E-state index is 13.5. The summed E-state index contributed by atoms with van der Waals surface area (Å²) in [5, 5.41) is 0. The zero-order valence-electron chi connectivity index (χ0n) is 31.0. The molecule has 2 heterocycles. The quantitative estimate of drug-likeness (QED) is 0.0474. The largest absolute Gasteiger partial charge is 0.464 e. The van der Waals surface area contributed by atoms with Gasteiger partial charge in [-0.3, -0.25) is 19.4 Å². The number of hydrogen-bond acceptors (Lipinski definition) is 12. The smallest absolute Gasteiger partial charge is 0.329 e. The zero-order chi connectivity index (χ0) is 40.3. The van der Waals surface area contributed by atoms with Crippen LogP contribution in [-0.4, -0.2) is 74.3 Å². The lowest BCUT2D eigenvalue weighted by Gasteiger charge is -2.25. The summed E-state index contributed by atoms with van der Waals surface area (Å²) >= 11 is 13.4. The minimum atomic E-state index is -0.877. The van der Waals surface area contributed by atoms with Gasteiger partial charge in [-0.15, -0.1) is 0 Å². The van der Waals surface area contributed by atoms with Crippen LogP contribution in [0.15, 0.2) is 119 Å². The van der Waals surface area contributed by atoms with Gasteiger partial charge in [-0.1, -0.05) is 133 Å². The highest BCUT2D eigenvalue weighted by atomic mass is 32.2. The number of thioether (sulfide) groups is 2. The Hall–Kier alpha value is -5.28. The third kappa shape index (κ3) is 10.6. The van der Waals surface area contributed by atoms with E-state index in [1.165, 1.54) is 9.80 Å². The Labute approximate surface area is 350 Å². The molecule has 0 bridgehead atoms. The molecule has 2 fully saturated rings. The Balaban J connectivity index is 1.03. The molecule has 2 aliphatic rings. The van der Waals surface area contributed by atoms with Crippen molar-refractivity contribution in [3.8, 4) is 11.5 Å². The summed E-state index contributed by atoms with van der Waals surface area (Å²) < 4.78 is 22.8. The fourth-order valence-corrected chi connectivity index (χ4v) is 8.71. The molecule has 0 N–H and O–H groups in total. The molecule has 2 atom stereocenters. The van der Waals surface area contributed by atoms with Gasteiger partial charge < -0.3 is 18.9 Å². The molecular formula is C43H38N2O8S4. The summed E-state index contributed by atoms with van der Waals surface area (Å²) in [5.41, 5.74) is 3.28. The van der Waals surface area contributed by atoms with Crippen LogP contribution in [0.2, 0.25) is 0 Å². The Morgan fingerprint density at radius 1 is 0.596 bits per heavy atom. The van der Waals surface area contributed by atoms with Crippen molar-refractivity contribution in [1.29, 1.82) is 0 Å². The van der Waals surface area contributed by atoms with Gasteiger partial charge in [-0.25, -0.2) is 9.59 Å². The highest BCUT2D eigenvalue weighted by Crippen LogP contribution is 2.37. The van der Waals surface area contributed by atoms with E-state index in [1.54, 1.807) is 50.3 Å². The van der Waals surface area contributed by atoms with Crippen LogP contribution < -0.4 is 9.47 Å². The van der Waals surface area contributed by atoms with Crippen molar-refractivity contribution in [3.05, 3.63) is 141 Å². The molecule has 57 heavy (non-hydrogen) atoms. The first-order chi connectivity index (χ1) is 27.6. The van der Waals surface area contributed by atoms with E-state index in [-0.39, 0.29) is 44.7 Å². The van der Waals surface area contributed by atoms with Gasteiger partial charge in [-0.2, -0.15) is 0 Å². The first-order valence-electron chi connectivity index (χ1n) is 18.1. The lowest BCUT2D eigenvalue weighted by Crippen LogP contribution is -2.46. The molecule has 0 spiro atoms. The molecule has 0 radical (unpaired) electrons. The van der Waals surface area contributed by atoms with Crippen molar-refractivity contribution >= 4 is 92.5 Å². The van der Waals surface area contributed by atoms with Gasteiger partial charge in [0, 0.05) is 12.8 Å². The molecular weight excluding hydrogens is 801 g/mol. The lowest BCUT2D eigenvalue weighted by molar-refractivity contribution is -0.150. The van der Waals surface area contributed by atoms with E-state index in [0.717, 1.165) is 45.8 Å². The molecule has 4 aromatic carbocycles. The van der Waals surface area contributed by atoms with Crippen LogP contribution in [0.25, 0.3) is 12.2 Å². The molecule has 0 saturated carbocycles. The van der Waals surface area contributed by atoms with E-state index in [4.69, 9.17) is 43.4 Å². The van der Waals surface area contributed by atoms with E-state index in [9.17, 15) is 19.2 Å². The van der Waals surface area contributed by atoms with Gasteiger partial charge in [0.25, 0.3) is 11.8 Å². The number of carbonyl (C=O) groups excluding carboxylic acids is 4. The van der Waals surface area contributed by atoms with Gasteiger partial charge in [0.1, 0.15) is 32.2 Å². The normalized spacial score (nSPS) is 16.6. The predicted octanol–water partition coefficient (Wildman–Crippen LogP) is 7.85. The average molecular weight is 839 g/mol. The SMILES string of the molecule is CCOC(=O)[C@H](Cc1ccccc1)N1C(=O)/C(=C/c2ccc(OCOc3ccc(/C=C4\SC(=S)N([C@@H](Cc5ccccc5)C(=O)OCC)C4=O)cc3)cc2)SC1=S. The van der Waals surface area contributed by atoms with Crippen molar-refractivity contribution in [2.75, 3.05) is 20.0 Å². The van der Waals surface area contributed by atoms with Gasteiger partial charge in [0.05, 0.1) is 23.0 Å². The maximum absolute atomic E-state index is 13.5. The number of benzene rings is 4. The second kappa shape index (κ2) is 19.7. The number of carbonyl (C=O) groups is 4. The van der Waals surface area contributed by atoms with Crippen molar-refractivity contribution in [2.24, 2.45) is 0 Å². The molecule has 10 nitrogen and oxygen atoms in total. The van der Waals surface area contributed by atoms with Crippen LogP contribution in [0.3, 0.4) is 0 Å². The Morgan fingerprint density at radius 2 is 0.965 bits per heavy atom. The highest BCUT2D eigenvalue weighted by molar-refractivity contribution is 8.27. The van der Waals surface area contributed by atoms with Crippen LogP contribution in [0.1, 0.15) is 36.1 Å². The molecule has 0 unspecified atom stereocenters. The number of amides is 2. The number of nitrogens with zero attached hydrogens (tertiary/aromatic N) is 2. The van der Waals surface area contributed by atoms with Crippen LogP contribution in [0.5, 0.6) is 11.5 Å². The molecule has 14 heteroatoms. The average Bonchev–Trinajstić information content (AvgIpc) is 3.65. The molecule has 0 aromatic heterocycles. The van der Waals surface area contributed by atoms with E-state index >= 15 is 0 Å². The molecule has 2 amide bonds. The fourth-order valence-electron chi connectivity index (χ4n) is 6.00. The lowest BCUT2D eigenvalue weighted by atomic mass is 10.0. The maximum Gasteiger partial charge on any atom is 0.329 e. The molecule has 2 saturated heterocycles. The topological polar surface area (TPSA) is 112 Å². The van der Waals surface area contributed by atoms with E-state index in [1.807, 2.05) is 84.9 Å². The number of rotatable bonds is 16. The van der Waals surface area contributed by atoms with E-state index < -0.39 is 24.0 Å². The minimum absolute atomic E-state index is 0.0661. The molecule has 6 rings (SSSR count). The van der Waals surface area contributed by atoms with Crippen LogP contribution in [0.4, 0.5) is 0 Å².